The molecular weight excluding hydrogens is 258 g/mol. The molecule has 112 valence electrons. The third kappa shape index (κ3) is 3.64. The van der Waals surface area contributed by atoms with Crippen LogP contribution in [0.15, 0.2) is 36.4 Å². The van der Waals surface area contributed by atoms with Crippen molar-refractivity contribution in [1.29, 1.82) is 0 Å². The molecule has 2 heteroatoms. The molecule has 0 aliphatic heterocycles. The van der Waals surface area contributed by atoms with E-state index in [1.54, 1.807) is 0 Å². The fourth-order valence-electron chi connectivity index (χ4n) is 2.51. The first-order valence-corrected chi connectivity index (χ1v) is 7.48. The molecule has 0 aromatic heterocycles. The smallest absolute Gasteiger partial charge is 0.124 e. The van der Waals surface area contributed by atoms with Gasteiger partial charge in [0, 0.05) is 11.6 Å². The van der Waals surface area contributed by atoms with Crippen molar-refractivity contribution in [3.63, 3.8) is 0 Å². The van der Waals surface area contributed by atoms with Crippen molar-refractivity contribution in [1.82, 2.24) is 5.32 Å². The first kappa shape index (κ1) is 15.6. The SMILES string of the molecule is CNC(C)c1ccc(C)cc1OCc1c(C)cccc1C. The standard InChI is InChI=1S/C19H25NO/c1-13-9-10-17(16(4)20-5)19(11-13)21-12-18-14(2)7-6-8-15(18)3/h6-11,16,20H,12H2,1-5H3. The number of aryl methyl sites for hydroxylation is 3. The fraction of sp³-hybridized carbons (Fsp3) is 0.368. The summed E-state index contributed by atoms with van der Waals surface area (Å²) in [5.41, 5.74) is 6.27. The van der Waals surface area contributed by atoms with Crippen LogP contribution >= 0.6 is 0 Å². The normalized spacial score (nSPS) is 12.2. The van der Waals surface area contributed by atoms with E-state index in [0.717, 1.165) is 5.75 Å². The number of hydrogen-bond acceptors (Lipinski definition) is 2. The molecule has 0 spiro atoms. The van der Waals surface area contributed by atoms with Crippen molar-refractivity contribution in [3.05, 3.63) is 64.2 Å². The zero-order valence-corrected chi connectivity index (χ0v) is 13.7. The number of hydrogen-bond donors (Lipinski definition) is 1. The molecule has 0 heterocycles. The lowest BCUT2D eigenvalue weighted by molar-refractivity contribution is 0.298. The van der Waals surface area contributed by atoms with Crippen molar-refractivity contribution in [2.45, 2.75) is 40.3 Å². The fourth-order valence-corrected chi connectivity index (χ4v) is 2.51. The Labute approximate surface area is 128 Å². The lowest BCUT2D eigenvalue weighted by Gasteiger charge is -2.18. The summed E-state index contributed by atoms with van der Waals surface area (Å²) >= 11 is 0. The highest BCUT2D eigenvalue weighted by Crippen LogP contribution is 2.27. The Morgan fingerprint density at radius 3 is 2.33 bits per heavy atom. The van der Waals surface area contributed by atoms with E-state index >= 15 is 0 Å². The molecule has 0 saturated carbocycles. The Kier molecular flexibility index (Phi) is 5.03. The molecule has 2 aromatic carbocycles. The van der Waals surface area contributed by atoms with E-state index in [1.165, 1.54) is 27.8 Å². The monoisotopic (exact) mass is 283 g/mol. The summed E-state index contributed by atoms with van der Waals surface area (Å²) in [4.78, 5) is 0. The number of benzene rings is 2. The molecule has 2 aromatic rings. The van der Waals surface area contributed by atoms with Gasteiger partial charge in [-0.05, 0) is 63.1 Å². The van der Waals surface area contributed by atoms with Crippen molar-refractivity contribution < 1.29 is 4.74 Å². The van der Waals surface area contributed by atoms with Gasteiger partial charge >= 0.3 is 0 Å². The summed E-state index contributed by atoms with van der Waals surface area (Å²) in [6.07, 6.45) is 0. The minimum atomic E-state index is 0.276. The van der Waals surface area contributed by atoms with E-state index in [9.17, 15) is 0 Å². The molecular formula is C19H25NO. The van der Waals surface area contributed by atoms with Gasteiger partial charge in [-0.1, -0.05) is 30.3 Å². The Bertz CT molecular complexity index is 599. The summed E-state index contributed by atoms with van der Waals surface area (Å²) in [6, 6.07) is 13.1. The highest BCUT2D eigenvalue weighted by molar-refractivity contribution is 5.40. The molecule has 1 N–H and O–H groups in total. The molecule has 1 atom stereocenters. The van der Waals surface area contributed by atoms with Crippen molar-refractivity contribution in [3.8, 4) is 5.75 Å². The molecule has 0 bridgehead atoms. The first-order chi connectivity index (χ1) is 10.0. The van der Waals surface area contributed by atoms with Gasteiger partial charge in [0.1, 0.15) is 12.4 Å². The van der Waals surface area contributed by atoms with Crippen molar-refractivity contribution in [2.24, 2.45) is 0 Å². The van der Waals surface area contributed by atoms with Crippen molar-refractivity contribution >= 4 is 0 Å². The molecule has 2 nitrogen and oxygen atoms in total. The number of rotatable bonds is 5. The van der Waals surface area contributed by atoms with Crippen LogP contribution < -0.4 is 10.1 Å². The molecule has 2 rings (SSSR count). The van der Waals surface area contributed by atoms with E-state index in [1.807, 2.05) is 7.05 Å². The van der Waals surface area contributed by atoms with E-state index in [-0.39, 0.29) is 6.04 Å². The van der Waals surface area contributed by atoms with Gasteiger partial charge in [0.05, 0.1) is 0 Å². The van der Waals surface area contributed by atoms with Crippen LogP contribution in [0, 0.1) is 20.8 Å². The van der Waals surface area contributed by atoms with E-state index in [2.05, 4.69) is 69.4 Å². The second-order valence-corrected chi connectivity index (χ2v) is 5.71. The summed E-state index contributed by atoms with van der Waals surface area (Å²) in [5.74, 6) is 0.972. The van der Waals surface area contributed by atoms with Crippen LogP contribution in [0.2, 0.25) is 0 Å². The Morgan fingerprint density at radius 1 is 1.05 bits per heavy atom. The molecule has 1 unspecified atom stereocenters. The van der Waals surface area contributed by atoms with Gasteiger partial charge in [0.25, 0.3) is 0 Å². The molecule has 0 fully saturated rings. The van der Waals surface area contributed by atoms with Crippen LogP contribution in [0.25, 0.3) is 0 Å². The maximum atomic E-state index is 6.15. The summed E-state index contributed by atoms with van der Waals surface area (Å²) in [7, 11) is 1.97. The topological polar surface area (TPSA) is 21.3 Å². The van der Waals surface area contributed by atoms with Crippen LogP contribution in [0.4, 0.5) is 0 Å². The minimum Gasteiger partial charge on any atom is -0.489 e. The molecule has 0 aliphatic carbocycles. The highest BCUT2D eigenvalue weighted by Gasteiger charge is 2.11. The number of nitrogens with one attached hydrogen (secondary N) is 1. The Balaban J connectivity index is 2.25. The number of ether oxygens (including phenoxy) is 1. The molecule has 0 aliphatic rings. The van der Waals surface area contributed by atoms with Crippen LogP contribution in [0.1, 0.15) is 40.8 Å². The maximum absolute atomic E-state index is 6.15. The first-order valence-electron chi connectivity index (χ1n) is 7.48. The largest absolute Gasteiger partial charge is 0.489 e. The van der Waals surface area contributed by atoms with Crippen LogP contribution in [0.5, 0.6) is 5.75 Å². The molecule has 0 amide bonds. The quantitative estimate of drug-likeness (QED) is 0.874. The minimum absolute atomic E-state index is 0.276. The predicted molar refractivity (Wildman–Crippen MR) is 88.9 cm³/mol. The zero-order chi connectivity index (χ0) is 15.4. The van der Waals surface area contributed by atoms with Crippen LogP contribution in [0.3, 0.4) is 0 Å². The maximum Gasteiger partial charge on any atom is 0.124 e. The lowest BCUT2D eigenvalue weighted by Crippen LogP contribution is -2.14. The van der Waals surface area contributed by atoms with Crippen molar-refractivity contribution in [2.75, 3.05) is 7.05 Å². The van der Waals surface area contributed by atoms with Crippen LogP contribution in [-0.4, -0.2) is 7.05 Å². The van der Waals surface area contributed by atoms with Gasteiger partial charge in [-0.2, -0.15) is 0 Å². The Hall–Kier alpha value is -1.80. The van der Waals surface area contributed by atoms with E-state index in [4.69, 9.17) is 4.74 Å². The van der Waals surface area contributed by atoms with Gasteiger partial charge < -0.3 is 10.1 Å². The average molecular weight is 283 g/mol. The lowest BCUT2D eigenvalue weighted by atomic mass is 10.0. The van der Waals surface area contributed by atoms with Crippen LogP contribution in [-0.2, 0) is 6.61 Å². The summed E-state index contributed by atoms with van der Waals surface area (Å²) in [6.45, 7) is 9.14. The van der Waals surface area contributed by atoms with Gasteiger partial charge in [-0.15, -0.1) is 0 Å². The van der Waals surface area contributed by atoms with Gasteiger partial charge in [-0.25, -0.2) is 0 Å². The summed E-state index contributed by atoms with van der Waals surface area (Å²) < 4.78 is 6.15. The molecule has 0 radical (unpaired) electrons. The van der Waals surface area contributed by atoms with E-state index < -0.39 is 0 Å². The molecule has 21 heavy (non-hydrogen) atoms. The third-order valence-electron chi connectivity index (χ3n) is 4.09. The average Bonchev–Trinajstić information content (AvgIpc) is 2.46. The van der Waals surface area contributed by atoms with Gasteiger partial charge in [0.15, 0.2) is 0 Å². The van der Waals surface area contributed by atoms with Gasteiger partial charge in [-0.3, -0.25) is 0 Å². The predicted octanol–water partition coefficient (Wildman–Crippen LogP) is 4.47. The molecule has 0 saturated heterocycles. The summed E-state index contributed by atoms with van der Waals surface area (Å²) in [5, 5.41) is 3.28. The third-order valence-corrected chi connectivity index (χ3v) is 4.09. The zero-order valence-electron chi connectivity index (χ0n) is 13.7. The van der Waals surface area contributed by atoms with E-state index in [0.29, 0.717) is 6.61 Å². The second kappa shape index (κ2) is 6.77. The highest BCUT2D eigenvalue weighted by atomic mass is 16.5. The Morgan fingerprint density at radius 2 is 1.71 bits per heavy atom. The second-order valence-electron chi connectivity index (χ2n) is 5.71. The van der Waals surface area contributed by atoms with Gasteiger partial charge in [0.2, 0.25) is 0 Å².